The lowest BCUT2D eigenvalue weighted by atomic mass is 10.2. The Morgan fingerprint density at radius 1 is 1.39 bits per heavy atom. The van der Waals surface area contributed by atoms with Gasteiger partial charge in [-0.05, 0) is 25.5 Å². The van der Waals surface area contributed by atoms with E-state index in [1.165, 1.54) is 0 Å². The molecule has 1 heterocycles. The Kier molecular flexibility index (Phi) is 3.88. The molecule has 1 N–H and O–H groups in total. The van der Waals surface area contributed by atoms with E-state index in [-0.39, 0.29) is 12.5 Å². The summed E-state index contributed by atoms with van der Waals surface area (Å²) in [5.74, 6) is 1.12. The summed E-state index contributed by atoms with van der Waals surface area (Å²) < 4.78 is 9.40. The minimum Gasteiger partial charge on any atom is -0.483 e. The summed E-state index contributed by atoms with van der Waals surface area (Å²) in [6.07, 6.45) is 0. The van der Waals surface area contributed by atoms with Gasteiger partial charge in [0, 0.05) is 11.5 Å². The van der Waals surface area contributed by atoms with Crippen LogP contribution >= 0.6 is 11.5 Å². The molecular formula is C12H13N3O2S. The fraction of sp³-hybridized carbons (Fsp3) is 0.250. The molecule has 18 heavy (non-hydrogen) atoms. The number of benzene rings is 1. The highest BCUT2D eigenvalue weighted by atomic mass is 32.1. The van der Waals surface area contributed by atoms with Crippen molar-refractivity contribution in [2.75, 3.05) is 11.9 Å². The topological polar surface area (TPSA) is 64.1 Å². The lowest BCUT2D eigenvalue weighted by Gasteiger charge is -2.07. The number of aryl methyl sites for hydroxylation is 2. The molecule has 1 amide bonds. The Bertz CT molecular complexity index is 554. The predicted molar refractivity (Wildman–Crippen MR) is 69.9 cm³/mol. The minimum absolute atomic E-state index is 0.0382. The van der Waals surface area contributed by atoms with Gasteiger partial charge in [0.15, 0.2) is 6.61 Å². The van der Waals surface area contributed by atoms with E-state index in [1.807, 2.05) is 31.2 Å². The van der Waals surface area contributed by atoms with Gasteiger partial charge >= 0.3 is 0 Å². The number of amides is 1. The average molecular weight is 263 g/mol. The maximum absolute atomic E-state index is 11.6. The van der Waals surface area contributed by atoms with Gasteiger partial charge in [0.05, 0.1) is 0 Å². The van der Waals surface area contributed by atoms with Crippen LogP contribution in [-0.2, 0) is 4.79 Å². The van der Waals surface area contributed by atoms with Gasteiger partial charge in [0.25, 0.3) is 5.91 Å². The first-order chi connectivity index (χ1) is 8.65. The molecule has 0 aliphatic carbocycles. The van der Waals surface area contributed by atoms with Crippen LogP contribution < -0.4 is 10.1 Å². The Balaban J connectivity index is 1.87. The monoisotopic (exact) mass is 263 g/mol. The average Bonchev–Trinajstić information content (AvgIpc) is 2.74. The van der Waals surface area contributed by atoms with Crippen LogP contribution in [0.2, 0.25) is 0 Å². The number of ether oxygens (including phenoxy) is 1. The van der Waals surface area contributed by atoms with Crippen molar-refractivity contribution in [3.8, 4) is 5.75 Å². The van der Waals surface area contributed by atoms with Gasteiger partial charge in [0.2, 0.25) is 5.13 Å². The smallest absolute Gasteiger partial charge is 0.264 e. The van der Waals surface area contributed by atoms with Crippen LogP contribution in [0.3, 0.4) is 0 Å². The van der Waals surface area contributed by atoms with E-state index in [2.05, 4.69) is 14.7 Å². The van der Waals surface area contributed by atoms with Crippen molar-refractivity contribution >= 4 is 22.6 Å². The second-order valence-electron chi connectivity index (χ2n) is 3.75. The quantitative estimate of drug-likeness (QED) is 0.918. The number of aromatic nitrogens is 2. The summed E-state index contributed by atoms with van der Waals surface area (Å²) in [5.41, 5.74) is 0.997. The third kappa shape index (κ3) is 3.27. The summed E-state index contributed by atoms with van der Waals surface area (Å²) in [6.45, 7) is 3.67. The lowest BCUT2D eigenvalue weighted by molar-refractivity contribution is -0.118. The van der Waals surface area contributed by atoms with Crippen LogP contribution in [0.1, 0.15) is 11.4 Å². The van der Waals surface area contributed by atoms with Crippen molar-refractivity contribution in [1.29, 1.82) is 0 Å². The van der Waals surface area contributed by atoms with E-state index in [9.17, 15) is 4.79 Å². The Labute approximate surface area is 109 Å². The SMILES string of the molecule is Cc1nsc(NC(=O)COc2ccccc2C)n1. The number of anilines is 1. The molecule has 0 bridgehead atoms. The van der Waals surface area contributed by atoms with Crippen LogP contribution in [0.15, 0.2) is 24.3 Å². The molecule has 1 aromatic heterocycles. The third-order valence-electron chi connectivity index (χ3n) is 2.23. The molecule has 5 nitrogen and oxygen atoms in total. The van der Waals surface area contributed by atoms with Gasteiger partial charge in [0.1, 0.15) is 11.6 Å². The van der Waals surface area contributed by atoms with E-state index in [0.717, 1.165) is 17.1 Å². The molecule has 2 rings (SSSR count). The third-order valence-corrected chi connectivity index (χ3v) is 2.95. The van der Waals surface area contributed by atoms with Crippen LogP contribution in [0.4, 0.5) is 5.13 Å². The first-order valence-electron chi connectivity index (χ1n) is 5.44. The lowest BCUT2D eigenvalue weighted by Crippen LogP contribution is -2.20. The Hall–Kier alpha value is -1.95. The number of hydrogen-bond acceptors (Lipinski definition) is 5. The molecule has 0 saturated carbocycles. The number of rotatable bonds is 4. The highest BCUT2D eigenvalue weighted by Gasteiger charge is 2.07. The zero-order chi connectivity index (χ0) is 13.0. The standard InChI is InChI=1S/C12H13N3O2S/c1-8-5-3-4-6-10(8)17-7-11(16)14-12-13-9(2)15-18-12/h3-6H,7H2,1-2H3,(H,13,14,15,16). The summed E-state index contributed by atoms with van der Waals surface area (Å²) >= 11 is 1.15. The Morgan fingerprint density at radius 3 is 2.83 bits per heavy atom. The van der Waals surface area contributed by atoms with Crippen molar-refractivity contribution in [3.63, 3.8) is 0 Å². The summed E-state index contributed by atoms with van der Waals surface area (Å²) in [7, 11) is 0. The summed E-state index contributed by atoms with van der Waals surface area (Å²) in [6, 6.07) is 7.56. The first kappa shape index (κ1) is 12.5. The van der Waals surface area contributed by atoms with Crippen molar-refractivity contribution in [1.82, 2.24) is 9.36 Å². The van der Waals surface area contributed by atoms with Gasteiger partial charge in [-0.25, -0.2) is 4.98 Å². The molecule has 0 atom stereocenters. The number of carbonyl (C=O) groups is 1. The zero-order valence-electron chi connectivity index (χ0n) is 10.1. The number of hydrogen-bond donors (Lipinski definition) is 1. The molecule has 1 aromatic carbocycles. The van der Waals surface area contributed by atoms with E-state index in [0.29, 0.717) is 16.7 Å². The van der Waals surface area contributed by atoms with Crippen molar-refractivity contribution in [2.24, 2.45) is 0 Å². The number of para-hydroxylation sites is 1. The maximum Gasteiger partial charge on any atom is 0.264 e. The van der Waals surface area contributed by atoms with E-state index in [1.54, 1.807) is 6.92 Å². The highest BCUT2D eigenvalue weighted by Crippen LogP contribution is 2.16. The van der Waals surface area contributed by atoms with Gasteiger partial charge in [-0.1, -0.05) is 18.2 Å². The van der Waals surface area contributed by atoms with Gasteiger partial charge in [-0.3, -0.25) is 10.1 Å². The van der Waals surface area contributed by atoms with Crippen LogP contribution in [-0.4, -0.2) is 21.9 Å². The van der Waals surface area contributed by atoms with Crippen molar-refractivity contribution < 1.29 is 9.53 Å². The zero-order valence-corrected chi connectivity index (χ0v) is 11.0. The summed E-state index contributed by atoms with van der Waals surface area (Å²) in [5, 5.41) is 3.12. The molecule has 0 fully saturated rings. The van der Waals surface area contributed by atoms with Crippen LogP contribution in [0.5, 0.6) is 5.75 Å². The van der Waals surface area contributed by atoms with Crippen LogP contribution in [0.25, 0.3) is 0 Å². The van der Waals surface area contributed by atoms with E-state index in [4.69, 9.17) is 4.74 Å². The van der Waals surface area contributed by atoms with E-state index >= 15 is 0 Å². The molecule has 0 spiro atoms. The molecule has 2 aromatic rings. The largest absolute Gasteiger partial charge is 0.483 e. The number of carbonyl (C=O) groups excluding carboxylic acids is 1. The van der Waals surface area contributed by atoms with E-state index < -0.39 is 0 Å². The normalized spacial score (nSPS) is 10.1. The molecule has 6 heteroatoms. The Morgan fingerprint density at radius 2 is 2.17 bits per heavy atom. The first-order valence-corrected chi connectivity index (χ1v) is 6.21. The molecule has 0 aliphatic heterocycles. The molecule has 0 aliphatic rings. The molecular weight excluding hydrogens is 250 g/mol. The molecule has 0 saturated heterocycles. The molecule has 0 unspecified atom stereocenters. The second-order valence-corrected chi connectivity index (χ2v) is 4.50. The number of nitrogens with zero attached hydrogens (tertiary/aromatic N) is 2. The van der Waals surface area contributed by atoms with Crippen LogP contribution in [0, 0.1) is 13.8 Å². The number of nitrogens with one attached hydrogen (secondary N) is 1. The fourth-order valence-electron chi connectivity index (χ4n) is 1.36. The van der Waals surface area contributed by atoms with Crippen molar-refractivity contribution in [3.05, 3.63) is 35.7 Å². The minimum atomic E-state index is -0.241. The van der Waals surface area contributed by atoms with Gasteiger partial charge < -0.3 is 4.74 Å². The van der Waals surface area contributed by atoms with Gasteiger partial charge in [-0.15, -0.1) is 0 Å². The van der Waals surface area contributed by atoms with Crippen molar-refractivity contribution in [2.45, 2.75) is 13.8 Å². The fourth-order valence-corrected chi connectivity index (χ4v) is 1.96. The summed E-state index contributed by atoms with van der Waals surface area (Å²) in [4.78, 5) is 15.7. The van der Waals surface area contributed by atoms with Gasteiger partial charge in [-0.2, -0.15) is 4.37 Å². The molecule has 94 valence electrons. The predicted octanol–water partition coefficient (Wildman–Crippen LogP) is 2.17. The molecule has 0 radical (unpaired) electrons. The maximum atomic E-state index is 11.6. The second kappa shape index (κ2) is 5.59. The highest BCUT2D eigenvalue weighted by molar-refractivity contribution is 7.09.